The van der Waals surface area contributed by atoms with Crippen molar-refractivity contribution in [1.29, 1.82) is 0 Å². The number of allylic oxidation sites excluding steroid dienone is 1. The summed E-state index contributed by atoms with van der Waals surface area (Å²) in [7, 11) is 0. The predicted molar refractivity (Wildman–Crippen MR) is 134 cm³/mol. The van der Waals surface area contributed by atoms with Gasteiger partial charge < -0.3 is 5.32 Å². The monoisotopic (exact) mass is 466 g/mol. The molecule has 0 spiro atoms. The van der Waals surface area contributed by atoms with Gasteiger partial charge in [-0.25, -0.2) is 9.37 Å². The lowest BCUT2D eigenvalue weighted by molar-refractivity contribution is 0.564. The molecule has 4 aromatic rings. The molecular formula is C28H27FN6. The Hall–Kier alpha value is -3.61. The van der Waals surface area contributed by atoms with E-state index in [1.54, 1.807) is 28.5 Å². The molecule has 0 amide bonds. The third-order valence-corrected chi connectivity index (χ3v) is 7.88. The molecule has 3 heterocycles. The van der Waals surface area contributed by atoms with Crippen LogP contribution in [0.15, 0.2) is 54.4 Å². The molecule has 3 aromatic heterocycles. The fourth-order valence-corrected chi connectivity index (χ4v) is 6.11. The van der Waals surface area contributed by atoms with E-state index in [2.05, 4.69) is 44.6 Å². The van der Waals surface area contributed by atoms with Gasteiger partial charge >= 0.3 is 0 Å². The van der Waals surface area contributed by atoms with Crippen molar-refractivity contribution in [2.75, 3.05) is 5.32 Å². The molecule has 0 aliphatic heterocycles. The average Bonchev–Trinajstić information content (AvgIpc) is 3.63. The number of hydrogen-bond donors (Lipinski definition) is 1. The highest BCUT2D eigenvalue weighted by Gasteiger charge is 2.29. The van der Waals surface area contributed by atoms with Crippen LogP contribution in [0.2, 0.25) is 0 Å². The first kappa shape index (κ1) is 20.7. The normalized spacial score (nSPS) is 19.9. The van der Waals surface area contributed by atoms with Gasteiger partial charge in [-0.05, 0) is 61.3 Å². The molecule has 1 aromatic carbocycles. The van der Waals surface area contributed by atoms with Crippen molar-refractivity contribution >= 4 is 17.2 Å². The minimum atomic E-state index is -0.257. The van der Waals surface area contributed by atoms with E-state index in [1.165, 1.54) is 16.7 Å². The molecule has 7 heteroatoms. The first-order chi connectivity index (χ1) is 17.2. The Labute approximate surface area is 203 Å². The van der Waals surface area contributed by atoms with Gasteiger partial charge in [0.2, 0.25) is 5.95 Å². The number of nitrogens with zero attached hydrogens (tertiary/aromatic N) is 5. The van der Waals surface area contributed by atoms with Gasteiger partial charge in [0.15, 0.2) is 11.5 Å². The fourth-order valence-electron chi connectivity index (χ4n) is 6.11. The quantitative estimate of drug-likeness (QED) is 0.402. The summed E-state index contributed by atoms with van der Waals surface area (Å²) < 4.78 is 16.7. The van der Waals surface area contributed by atoms with Crippen molar-refractivity contribution in [1.82, 2.24) is 24.6 Å². The number of nitrogens with one attached hydrogen (secondary N) is 1. The maximum atomic E-state index is 15.0. The number of fused-ring (bicyclic) bond motifs is 3. The molecular weight excluding hydrogens is 439 g/mol. The summed E-state index contributed by atoms with van der Waals surface area (Å²) in [5.41, 5.74) is 7.73. The van der Waals surface area contributed by atoms with E-state index < -0.39 is 0 Å². The summed E-state index contributed by atoms with van der Waals surface area (Å²) in [6.45, 7) is 0. The summed E-state index contributed by atoms with van der Waals surface area (Å²) in [5, 5.41) is 8.07. The molecule has 6 nitrogen and oxygen atoms in total. The maximum absolute atomic E-state index is 15.0. The molecule has 1 saturated carbocycles. The Morgan fingerprint density at radius 3 is 2.80 bits per heavy atom. The van der Waals surface area contributed by atoms with E-state index in [0.717, 1.165) is 51.4 Å². The number of aromatic nitrogens is 5. The summed E-state index contributed by atoms with van der Waals surface area (Å²) in [4.78, 5) is 13.9. The number of hydrogen-bond acceptors (Lipinski definition) is 5. The lowest BCUT2D eigenvalue weighted by atomic mass is 9.88. The van der Waals surface area contributed by atoms with Gasteiger partial charge in [0.25, 0.3) is 0 Å². The minimum absolute atomic E-state index is 0.228. The number of benzene rings is 1. The van der Waals surface area contributed by atoms with Gasteiger partial charge in [0.05, 0.1) is 11.9 Å². The SMILES string of the molecule is Fc1cc(-c2nc(N[C@@H]3CCC4=C(C3)c3ccccc3C4)n3nccc3n2)cnc1C1CCCC1. The highest BCUT2D eigenvalue weighted by atomic mass is 19.1. The minimum Gasteiger partial charge on any atom is -0.351 e. The first-order valence-corrected chi connectivity index (χ1v) is 12.7. The van der Waals surface area contributed by atoms with Crippen LogP contribution in [0.3, 0.4) is 0 Å². The van der Waals surface area contributed by atoms with Crippen molar-refractivity contribution in [3.05, 3.63) is 77.0 Å². The Bertz CT molecular complexity index is 1470. The van der Waals surface area contributed by atoms with Crippen LogP contribution < -0.4 is 5.32 Å². The highest BCUT2D eigenvalue weighted by molar-refractivity contribution is 5.77. The molecule has 1 N–H and O–H groups in total. The zero-order valence-corrected chi connectivity index (χ0v) is 19.5. The van der Waals surface area contributed by atoms with Gasteiger partial charge in [0.1, 0.15) is 5.82 Å². The second-order valence-corrected chi connectivity index (χ2v) is 10.0. The van der Waals surface area contributed by atoms with Crippen molar-refractivity contribution in [2.45, 2.75) is 63.3 Å². The number of halogens is 1. The summed E-state index contributed by atoms with van der Waals surface area (Å²) in [6.07, 6.45) is 11.9. The van der Waals surface area contributed by atoms with E-state index in [0.29, 0.717) is 28.7 Å². The molecule has 1 atom stereocenters. The van der Waals surface area contributed by atoms with Gasteiger partial charge in [-0.3, -0.25) is 4.98 Å². The van der Waals surface area contributed by atoms with Crippen LogP contribution in [0, 0.1) is 5.82 Å². The van der Waals surface area contributed by atoms with Crippen LogP contribution in [0.4, 0.5) is 10.3 Å². The zero-order valence-electron chi connectivity index (χ0n) is 19.5. The second-order valence-electron chi connectivity index (χ2n) is 10.0. The fraction of sp³-hybridized carbons (Fsp3) is 0.357. The second kappa shape index (κ2) is 8.26. The van der Waals surface area contributed by atoms with E-state index in [9.17, 15) is 0 Å². The van der Waals surface area contributed by atoms with Crippen molar-refractivity contribution in [3.63, 3.8) is 0 Å². The smallest absolute Gasteiger partial charge is 0.228 e. The van der Waals surface area contributed by atoms with E-state index in [4.69, 9.17) is 4.98 Å². The topological polar surface area (TPSA) is 68.0 Å². The standard InChI is InChI=1S/C28H27FN6/c29-24-14-20(16-30-26(24)17-5-1-2-6-17)27-33-25-11-12-31-35(25)28(34-27)32-21-10-9-19-13-18-7-3-4-8-22(18)23(19)15-21/h3-4,7-8,11-12,14,16-17,21H,1-2,5-6,9-10,13,15H2,(H,32,33,34)/t21-/m1/s1. The third kappa shape index (κ3) is 3.61. The molecule has 3 aliphatic carbocycles. The molecule has 176 valence electrons. The lowest BCUT2D eigenvalue weighted by Gasteiger charge is -2.26. The largest absolute Gasteiger partial charge is 0.351 e. The lowest BCUT2D eigenvalue weighted by Crippen LogP contribution is -2.25. The molecule has 7 rings (SSSR count). The van der Waals surface area contributed by atoms with Crippen LogP contribution in [0.1, 0.15) is 67.7 Å². The molecule has 0 radical (unpaired) electrons. The Kier molecular flexibility index (Phi) is 4.89. The molecule has 0 saturated heterocycles. The summed E-state index contributed by atoms with van der Waals surface area (Å²) in [5.74, 6) is 1.07. The summed E-state index contributed by atoms with van der Waals surface area (Å²) in [6, 6.07) is 12.4. The Morgan fingerprint density at radius 1 is 1.03 bits per heavy atom. The first-order valence-electron chi connectivity index (χ1n) is 12.7. The van der Waals surface area contributed by atoms with Crippen LogP contribution in [-0.4, -0.2) is 30.6 Å². The van der Waals surface area contributed by atoms with E-state index in [1.807, 2.05) is 6.07 Å². The molecule has 0 bridgehead atoms. The zero-order chi connectivity index (χ0) is 23.4. The third-order valence-electron chi connectivity index (χ3n) is 7.88. The van der Waals surface area contributed by atoms with Gasteiger partial charge in [-0.2, -0.15) is 14.6 Å². The van der Waals surface area contributed by atoms with Crippen LogP contribution in [0.25, 0.3) is 22.6 Å². The van der Waals surface area contributed by atoms with Gasteiger partial charge in [-0.15, -0.1) is 0 Å². The Balaban J connectivity index is 1.19. The highest BCUT2D eigenvalue weighted by Crippen LogP contribution is 2.42. The van der Waals surface area contributed by atoms with Crippen molar-refractivity contribution < 1.29 is 4.39 Å². The van der Waals surface area contributed by atoms with Crippen LogP contribution in [0.5, 0.6) is 0 Å². The summed E-state index contributed by atoms with van der Waals surface area (Å²) >= 11 is 0. The molecule has 0 unspecified atom stereocenters. The number of anilines is 1. The van der Waals surface area contributed by atoms with Gasteiger partial charge in [-0.1, -0.05) is 42.7 Å². The number of pyridine rings is 1. The van der Waals surface area contributed by atoms with Crippen LogP contribution >= 0.6 is 0 Å². The van der Waals surface area contributed by atoms with Crippen molar-refractivity contribution in [3.8, 4) is 11.4 Å². The average molecular weight is 467 g/mol. The number of rotatable bonds is 4. The molecule has 35 heavy (non-hydrogen) atoms. The van der Waals surface area contributed by atoms with Crippen molar-refractivity contribution in [2.24, 2.45) is 0 Å². The van der Waals surface area contributed by atoms with Crippen LogP contribution in [-0.2, 0) is 6.42 Å². The predicted octanol–water partition coefficient (Wildman–Crippen LogP) is 5.96. The molecule has 3 aliphatic rings. The molecule has 1 fully saturated rings. The maximum Gasteiger partial charge on any atom is 0.228 e. The van der Waals surface area contributed by atoms with E-state index in [-0.39, 0.29) is 17.8 Å². The van der Waals surface area contributed by atoms with Gasteiger partial charge in [0, 0.05) is 29.8 Å². The van der Waals surface area contributed by atoms with E-state index >= 15 is 4.39 Å². The Morgan fingerprint density at radius 2 is 1.91 bits per heavy atom.